The molecule has 0 bridgehead atoms. The summed E-state index contributed by atoms with van der Waals surface area (Å²) in [7, 11) is 0. The number of hydrogen-bond donors (Lipinski definition) is 0. The van der Waals surface area contributed by atoms with Gasteiger partial charge in [-0.15, -0.1) is 0 Å². The van der Waals surface area contributed by atoms with Gasteiger partial charge in [0.2, 0.25) is 0 Å². The van der Waals surface area contributed by atoms with Crippen molar-refractivity contribution in [1.29, 1.82) is 0 Å². The highest BCUT2D eigenvalue weighted by atomic mass is 19.4. The van der Waals surface area contributed by atoms with Crippen molar-refractivity contribution >= 4 is 5.90 Å². The summed E-state index contributed by atoms with van der Waals surface area (Å²) < 4.78 is 63.3. The van der Waals surface area contributed by atoms with Gasteiger partial charge in [0.25, 0.3) is 5.90 Å². The average molecular weight is 189 g/mol. The second-order valence-electron chi connectivity index (χ2n) is 2.11. The Balaban J connectivity index is 2.84. The number of aliphatic imine (C=N–C) groups is 1. The smallest absolute Gasteiger partial charge is 0.463 e. The first-order valence-electron chi connectivity index (χ1n) is 2.98. The molecule has 0 unspecified atom stereocenters. The fourth-order valence-electron chi connectivity index (χ4n) is 0.646. The van der Waals surface area contributed by atoms with Crippen LogP contribution >= 0.6 is 0 Å². The first-order chi connectivity index (χ1) is 5.36. The van der Waals surface area contributed by atoms with E-state index in [2.05, 4.69) is 9.73 Å². The molecule has 0 aliphatic carbocycles. The molecule has 0 saturated carbocycles. The normalized spacial score (nSPS) is 18.9. The molecule has 1 rings (SSSR count). The van der Waals surface area contributed by atoms with E-state index in [0.29, 0.717) is 0 Å². The van der Waals surface area contributed by atoms with Crippen LogP contribution in [0.2, 0.25) is 0 Å². The zero-order valence-corrected chi connectivity index (χ0v) is 5.66. The maximum atomic E-state index is 12.3. The summed E-state index contributed by atoms with van der Waals surface area (Å²) in [4.78, 5) is 2.90. The van der Waals surface area contributed by atoms with Gasteiger partial charge in [0.15, 0.2) is 0 Å². The van der Waals surface area contributed by atoms with Gasteiger partial charge in [-0.2, -0.15) is 22.0 Å². The summed E-state index contributed by atoms with van der Waals surface area (Å²) >= 11 is 0. The zero-order valence-electron chi connectivity index (χ0n) is 5.66. The van der Waals surface area contributed by atoms with Crippen LogP contribution in [-0.2, 0) is 4.74 Å². The number of ether oxygens (including phenoxy) is 1. The zero-order chi connectivity index (χ0) is 9.41. The number of rotatable bonds is 1. The quantitative estimate of drug-likeness (QED) is 0.574. The summed E-state index contributed by atoms with van der Waals surface area (Å²) in [6, 6.07) is 0. The minimum absolute atomic E-state index is 0.152. The van der Waals surface area contributed by atoms with Crippen molar-refractivity contribution in [2.45, 2.75) is 12.1 Å². The van der Waals surface area contributed by atoms with Gasteiger partial charge in [0, 0.05) is 0 Å². The third kappa shape index (κ3) is 1.35. The molecule has 70 valence electrons. The van der Waals surface area contributed by atoms with Crippen molar-refractivity contribution in [3.05, 3.63) is 0 Å². The molecule has 0 aromatic heterocycles. The molecule has 0 aromatic rings. The van der Waals surface area contributed by atoms with E-state index in [9.17, 15) is 22.0 Å². The maximum absolute atomic E-state index is 12.3. The summed E-state index contributed by atoms with van der Waals surface area (Å²) in [5.74, 6) is -6.49. The van der Waals surface area contributed by atoms with Crippen LogP contribution in [-0.4, -0.2) is 31.1 Å². The Labute approximate surface area is 64.0 Å². The van der Waals surface area contributed by atoms with E-state index in [0.717, 1.165) is 0 Å². The maximum Gasteiger partial charge on any atom is 0.463 e. The first-order valence-corrected chi connectivity index (χ1v) is 2.98. The Morgan fingerprint density at radius 2 is 1.75 bits per heavy atom. The molecule has 2 nitrogen and oxygen atoms in total. The lowest BCUT2D eigenvalue weighted by molar-refractivity contribution is -0.254. The molecule has 12 heavy (non-hydrogen) atoms. The Bertz CT molecular complexity index is 208. The molecule has 1 aliphatic heterocycles. The molecule has 1 heterocycles. The third-order valence-corrected chi connectivity index (χ3v) is 1.21. The van der Waals surface area contributed by atoms with Crippen molar-refractivity contribution in [2.75, 3.05) is 13.2 Å². The van der Waals surface area contributed by atoms with E-state index >= 15 is 0 Å². The fourth-order valence-corrected chi connectivity index (χ4v) is 0.646. The molecule has 7 heteroatoms. The molecule has 0 fully saturated rings. The lowest BCUT2D eigenvalue weighted by atomic mass is 10.3. The number of nitrogens with zero attached hydrogens (tertiary/aromatic N) is 1. The number of halogens is 5. The minimum Gasteiger partial charge on any atom is -0.474 e. The molecule has 0 atom stereocenters. The van der Waals surface area contributed by atoms with Gasteiger partial charge in [0.05, 0.1) is 6.54 Å². The Kier molecular flexibility index (Phi) is 1.97. The average Bonchev–Trinajstić information content (AvgIpc) is 2.34. The predicted molar refractivity (Wildman–Crippen MR) is 29.3 cm³/mol. The highest BCUT2D eigenvalue weighted by Gasteiger charge is 2.63. The van der Waals surface area contributed by atoms with Crippen molar-refractivity contribution in [3.8, 4) is 0 Å². The molecule has 0 aromatic carbocycles. The van der Waals surface area contributed by atoms with E-state index in [1.807, 2.05) is 0 Å². The topological polar surface area (TPSA) is 21.6 Å². The molecule has 0 saturated heterocycles. The van der Waals surface area contributed by atoms with Crippen LogP contribution in [0.1, 0.15) is 0 Å². The first kappa shape index (κ1) is 9.21. The molecule has 1 aliphatic rings. The van der Waals surface area contributed by atoms with Gasteiger partial charge in [-0.3, -0.25) is 0 Å². The van der Waals surface area contributed by atoms with Crippen molar-refractivity contribution in [2.24, 2.45) is 4.99 Å². The Hall–Kier alpha value is -0.880. The second-order valence-corrected chi connectivity index (χ2v) is 2.11. The van der Waals surface area contributed by atoms with Crippen LogP contribution < -0.4 is 0 Å². The van der Waals surface area contributed by atoms with E-state index in [1.165, 1.54) is 0 Å². The predicted octanol–water partition coefficient (Wildman–Crippen LogP) is 1.61. The van der Waals surface area contributed by atoms with Crippen molar-refractivity contribution in [3.63, 3.8) is 0 Å². The second kappa shape index (κ2) is 2.56. The van der Waals surface area contributed by atoms with Crippen molar-refractivity contribution in [1.82, 2.24) is 0 Å². The SMILES string of the molecule is FC(F)(F)C(F)(F)C1=NCCO1. The molecular formula is C5H4F5NO. The van der Waals surface area contributed by atoms with Crippen LogP contribution in [0.5, 0.6) is 0 Å². The molecule has 0 N–H and O–H groups in total. The van der Waals surface area contributed by atoms with Crippen LogP contribution in [0.3, 0.4) is 0 Å². The van der Waals surface area contributed by atoms with Gasteiger partial charge in [-0.25, -0.2) is 4.99 Å². The fraction of sp³-hybridized carbons (Fsp3) is 0.800. The van der Waals surface area contributed by atoms with Crippen LogP contribution in [0.15, 0.2) is 4.99 Å². The largest absolute Gasteiger partial charge is 0.474 e. The van der Waals surface area contributed by atoms with Gasteiger partial charge < -0.3 is 4.74 Å². The number of alkyl halides is 5. The van der Waals surface area contributed by atoms with Gasteiger partial charge in [-0.1, -0.05) is 0 Å². The van der Waals surface area contributed by atoms with E-state index in [4.69, 9.17) is 0 Å². The molecular weight excluding hydrogens is 185 g/mol. The Morgan fingerprint density at radius 1 is 1.17 bits per heavy atom. The minimum atomic E-state index is -5.63. The molecule has 0 spiro atoms. The molecule has 0 amide bonds. The van der Waals surface area contributed by atoms with E-state index < -0.39 is 18.0 Å². The van der Waals surface area contributed by atoms with Gasteiger partial charge >= 0.3 is 12.1 Å². The van der Waals surface area contributed by atoms with Gasteiger partial charge in [0.1, 0.15) is 6.61 Å². The monoisotopic (exact) mass is 189 g/mol. The summed E-state index contributed by atoms with van der Waals surface area (Å²) in [6.45, 7) is -0.373. The highest BCUT2D eigenvalue weighted by molar-refractivity contribution is 5.85. The lowest BCUT2D eigenvalue weighted by Crippen LogP contribution is -2.44. The highest BCUT2D eigenvalue weighted by Crippen LogP contribution is 2.37. The summed E-state index contributed by atoms with van der Waals surface area (Å²) in [5.41, 5.74) is 0. The Morgan fingerprint density at radius 3 is 2.08 bits per heavy atom. The summed E-state index contributed by atoms with van der Waals surface area (Å²) in [6.07, 6.45) is -5.63. The standard InChI is InChI=1S/C5H4F5NO/c6-4(7,5(8,9)10)3-11-1-2-12-3/h1-2H2. The van der Waals surface area contributed by atoms with Crippen molar-refractivity contribution < 1.29 is 26.7 Å². The van der Waals surface area contributed by atoms with E-state index in [1.54, 1.807) is 0 Å². The molecule has 0 radical (unpaired) electrons. The lowest BCUT2D eigenvalue weighted by Gasteiger charge is -2.18. The third-order valence-electron chi connectivity index (χ3n) is 1.21. The van der Waals surface area contributed by atoms with Crippen LogP contribution in [0, 0.1) is 0 Å². The van der Waals surface area contributed by atoms with Crippen LogP contribution in [0.25, 0.3) is 0 Å². The van der Waals surface area contributed by atoms with Gasteiger partial charge in [-0.05, 0) is 0 Å². The number of hydrogen-bond acceptors (Lipinski definition) is 2. The van der Waals surface area contributed by atoms with Crippen LogP contribution in [0.4, 0.5) is 22.0 Å². The summed E-state index contributed by atoms with van der Waals surface area (Å²) in [5, 5.41) is 0. The van der Waals surface area contributed by atoms with E-state index in [-0.39, 0.29) is 13.2 Å².